The van der Waals surface area contributed by atoms with Crippen LogP contribution in [-0.4, -0.2) is 16.0 Å². The van der Waals surface area contributed by atoms with Crippen LogP contribution >= 0.6 is 0 Å². The second kappa shape index (κ2) is 7.75. The first-order valence-corrected chi connectivity index (χ1v) is 6.70. The Balaban J connectivity index is 2.34. The molecule has 1 rings (SSSR count). The second-order valence-corrected chi connectivity index (χ2v) is 4.64. The third kappa shape index (κ3) is 4.78. The molecule has 18 heavy (non-hydrogen) atoms. The van der Waals surface area contributed by atoms with E-state index in [1.54, 1.807) is 0 Å². The van der Waals surface area contributed by atoms with Crippen molar-refractivity contribution in [1.29, 1.82) is 0 Å². The van der Waals surface area contributed by atoms with Crippen molar-refractivity contribution in [3.05, 3.63) is 23.8 Å². The quantitative estimate of drug-likeness (QED) is 0.416. The van der Waals surface area contributed by atoms with E-state index in [2.05, 4.69) is 6.92 Å². The summed E-state index contributed by atoms with van der Waals surface area (Å²) >= 11 is 0. The number of phenolic OH excluding ortho intramolecular Hbond substituents is 2. The van der Waals surface area contributed by atoms with E-state index in [1.165, 1.54) is 37.5 Å². The van der Waals surface area contributed by atoms with Crippen LogP contribution in [0.2, 0.25) is 0 Å². The highest BCUT2D eigenvalue weighted by Crippen LogP contribution is 2.24. The molecule has 3 nitrogen and oxygen atoms in total. The van der Waals surface area contributed by atoms with Crippen molar-refractivity contribution in [2.24, 2.45) is 0 Å². The normalized spacial score (nSPS) is 10.5. The van der Waals surface area contributed by atoms with Gasteiger partial charge in [0.1, 0.15) is 11.5 Å². The number of carbonyl (C=O) groups is 1. The van der Waals surface area contributed by atoms with Crippen LogP contribution < -0.4 is 0 Å². The summed E-state index contributed by atoms with van der Waals surface area (Å²) < 4.78 is 0. The topological polar surface area (TPSA) is 57.5 Å². The Morgan fingerprint density at radius 3 is 2.44 bits per heavy atom. The van der Waals surface area contributed by atoms with Crippen molar-refractivity contribution in [3.63, 3.8) is 0 Å². The van der Waals surface area contributed by atoms with E-state index in [4.69, 9.17) is 0 Å². The standard InChI is InChI=1S/C15H22O3/c1-2-3-4-5-6-7-8-14(17)13-11-12(16)9-10-15(13)18/h9-11,16,18H,2-8H2,1H3. The van der Waals surface area contributed by atoms with Gasteiger partial charge in [0, 0.05) is 6.42 Å². The van der Waals surface area contributed by atoms with Gasteiger partial charge >= 0.3 is 0 Å². The summed E-state index contributed by atoms with van der Waals surface area (Å²) in [6.07, 6.45) is 7.18. The van der Waals surface area contributed by atoms with Crippen molar-refractivity contribution < 1.29 is 15.0 Å². The van der Waals surface area contributed by atoms with Crippen molar-refractivity contribution in [2.75, 3.05) is 0 Å². The van der Waals surface area contributed by atoms with E-state index in [0.29, 0.717) is 6.42 Å². The zero-order valence-corrected chi connectivity index (χ0v) is 11.0. The zero-order valence-electron chi connectivity index (χ0n) is 11.0. The van der Waals surface area contributed by atoms with E-state index < -0.39 is 0 Å². The van der Waals surface area contributed by atoms with Gasteiger partial charge < -0.3 is 10.2 Å². The summed E-state index contributed by atoms with van der Waals surface area (Å²) in [5.41, 5.74) is 0.226. The minimum Gasteiger partial charge on any atom is -0.508 e. The van der Waals surface area contributed by atoms with Gasteiger partial charge in [-0.3, -0.25) is 4.79 Å². The van der Waals surface area contributed by atoms with E-state index in [1.807, 2.05) is 0 Å². The summed E-state index contributed by atoms with van der Waals surface area (Å²) in [4.78, 5) is 11.8. The third-order valence-corrected chi connectivity index (χ3v) is 3.04. The Bertz CT molecular complexity index is 385. The molecule has 0 aliphatic heterocycles. The van der Waals surface area contributed by atoms with Gasteiger partial charge in [-0.25, -0.2) is 0 Å². The first-order valence-electron chi connectivity index (χ1n) is 6.70. The van der Waals surface area contributed by atoms with Crippen LogP contribution in [0, 0.1) is 0 Å². The van der Waals surface area contributed by atoms with Crippen LogP contribution in [0.4, 0.5) is 0 Å². The van der Waals surface area contributed by atoms with E-state index in [0.717, 1.165) is 19.3 Å². The molecule has 0 spiro atoms. The number of Topliss-reactive ketones (excluding diaryl/α,β-unsaturated/α-hetero) is 1. The predicted molar refractivity (Wildman–Crippen MR) is 72.1 cm³/mol. The number of carbonyl (C=O) groups excluding carboxylic acids is 1. The molecule has 0 fully saturated rings. The van der Waals surface area contributed by atoms with E-state index in [9.17, 15) is 15.0 Å². The van der Waals surface area contributed by atoms with Gasteiger partial charge in [-0.15, -0.1) is 0 Å². The van der Waals surface area contributed by atoms with Crippen molar-refractivity contribution in [3.8, 4) is 11.5 Å². The lowest BCUT2D eigenvalue weighted by molar-refractivity contribution is 0.0976. The molecule has 0 heterocycles. The number of aromatic hydroxyl groups is 2. The fraction of sp³-hybridized carbons (Fsp3) is 0.533. The Hall–Kier alpha value is -1.51. The first kappa shape index (κ1) is 14.6. The predicted octanol–water partition coefficient (Wildman–Crippen LogP) is 4.03. The summed E-state index contributed by atoms with van der Waals surface area (Å²) in [5, 5.41) is 18.8. The van der Waals surface area contributed by atoms with Crippen molar-refractivity contribution in [1.82, 2.24) is 0 Å². The summed E-state index contributed by atoms with van der Waals surface area (Å²) in [5.74, 6) is -0.137. The van der Waals surface area contributed by atoms with Gasteiger partial charge in [0.25, 0.3) is 0 Å². The fourth-order valence-electron chi connectivity index (χ4n) is 1.95. The highest BCUT2D eigenvalue weighted by Gasteiger charge is 2.11. The van der Waals surface area contributed by atoms with Crippen LogP contribution in [0.15, 0.2) is 18.2 Å². The van der Waals surface area contributed by atoms with E-state index >= 15 is 0 Å². The van der Waals surface area contributed by atoms with Crippen molar-refractivity contribution >= 4 is 5.78 Å². The van der Waals surface area contributed by atoms with Gasteiger partial charge in [-0.05, 0) is 24.6 Å². The third-order valence-electron chi connectivity index (χ3n) is 3.04. The van der Waals surface area contributed by atoms with Crippen molar-refractivity contribution in [2.45, 2.75) is 51.9 Å². The maximum atomic E-state index is 11.8. The number of unbranched alkanes of at least 4 members (excludes halogenated alkanes) is 5. The zero-order chi connectivity index (χ0) is 13.4. The summed E-state index contributed by atoms with van der Waals surface area (Å²) in [7, 11) is 0. The fourth-order valence-corrected chi connectivity index (χ4v) is 1.95. The number of hydrogen-bond acceptors (Lipinski definition) is 3. The van der Waals surface area contributed by atoms with Crippen LogP contribution in [0.5, 0.6) is 11.5 Å². The van der Waals surface area contributed by atoms with Gasteiger partial charge in [-0.2, -0.15) is 0 Å². The average molecular weight is 250 g/mol. The SMILES string of the molecule is CCCCCCCCC(=O)c1cc(O)ccc1O. The highest BCUT2D eigenvalue weighted by molar-refractivity contribution is 5.98. The maximum absolute atomic E-state index is 11.8. The van der Waals surface area contributed by atoms with Crippen LogP contribution in [0.25, 0.3) is 0 Å². The lowest BCUT2D eigenvalue weighted by atomic mass is 10.0. The van der Waals surface area contributed by atoms with Gasteiger partial charge in [-0.1, -0.05) is 39.0 Å². The largest absolute Gasteiger partial charge is 0.508 e. The van der Waals surface area contributed by atoms with Gasteiger partial charge in [0.05, 0.1) is 5.56 Å². The molecular weight excluding hydrogens is 228 g/mol. The monoisotopic (exact) mass is 250 g/mol. The minimum absolute atomic E-state index is 0.0131. The molecule has 0 amide bonds. The van der Waals surface area contributed by atoms with E-state index in [-0.39, 0.29) is 22.8 Å². The van der Waals surface area contributed by atoms with Gasteiger partial charge in [0.2, 0.25) is 0 Å². The molecule has 0 unspecified atom stereocenters. The molecule has 0 saturated carbocycles. The van der Waals surface area contributed by atoms with Crippen LogP contribution in [0.1, 0.15) is 62.2 Å². The number of phenols is 2. The summed E-state index contributed by atoms with van der Waals surface area (Å²) in [6, 6.07) is 4.05. The number of rotatable bonds is 8. The lowest BCUT2D eigenvalue weighted by Gasteiger charge is -2.04. The lowest BCUT2D eigenvalue weighted by Crippen LogP contribution is -1.99. The first-order chi connectivity index (χ1) is 8.65. The Morgan fingerprint density at radius 2 is 1.72 bits per heavy atom. The Morgan fingerprint density at radius 1 is 1.06 bits per heavy atom. The van der Waals surface area contributed by atoms with Crippen LogP contribution in [0.3, 0.4) is 0 Å². The molecule has 2 N–H and O–H groups in total. The average Bonchev–Trinajstić information content (AvgIpc) is 2.36. The Labute approximate surface area is 108 Å². The summed E-state index contributed by atoms with van der Waals surface area (Å²) in [6.45, 7) is 2.17. The molecule has 1 aromatic carbocycles. The molecule has 0 radical (unpaired) electrons. The molecule has 3 heteroatoms. The highest BCUT2D eigenvalue weighted by atomic mass is 16.3. The minimum atomic E-state index is -0.0982. The number of benzene rings is 1. The second-order valence-electron chi connectivity index (χ2n) is 4.64. The maximum Gasteiger partial charge on any atom is 0.166 e. The number of hydrogen-bond donors (Lipinski definition) is 2. The molecule has 0 aromatic heterocycles. The Kier molecular flexibility index (Phi) is 6.26. The molecule has 0 atom stereocenters. The smallest absolute Gasteiger partial charge is 0.166 e. The molecule has 100 valence electrons. The molecular formula is C15H22O3. The molecule has 0 aliphatic carbocycles. The molecule has 0 aliphatic rings. The molecule has 1 aromatic rings. The number of ketones is 1. The van der Waals surface area contributed by atoms with Gasteiger partial charge in [0.15, 0.2) is 5.78 Å². The molecule has 0 saturated heterocycles. The van der Waals surface area contributed by atoms with Crippen LogP contribution in [-0.2, 0) is 0 Å². The molecule has 0 bridgehead atoms.